The van der Waals surface area contributed by atoms with Gasteiger partial charge in [-0.15, -0.1) is 0 Å². The molecule has 1 unspecified atom stereocenters. The number of rotatable bonds is 12. The van der Waals surface area contributed by atoms with Crippen LogP contribution in [0.15, 0.2) is 83.8 Å². The molecule has 0 aromatic heterocycles. The van der Waals surface area contributed by atoms with Gasteiger partial charge in [0, 0.05) is 24.7 Å². The third-order valence-electron chi connectivity index (χ3n) is 6.36. The average molecular weight is 567 g/mol. The Bertz CT molecular complexity index is 1460. The van der Waals surface area contributed by atoms with Gasteiger partial charge < -0.3 is 10.2 Å². The zero-order valence-corrected chi connectivity index (χ0v) is 23.8. The molecule has 3 aromatic carbocycles. The van der Waals surface area contributed by atoms with Crippen molar-refractivity contribution in [2.75, 3.05) is 10.8 Å². The zero-order chi connectivity index (χ0) is 29.4. The molecular formula is C29H34N4O6S. The van der Waals surface area contributed by atoms with Gasteiger partial charge in [-0.2, -0.15) is 0 Å². The Hall–Kier alpha value is -4.25. The standard InChI is InChI=1S/C29H34N4O6S/c1-5-27(29(35)30-21(2)3)31(19-23-13-10-9-12-22(23)4)28(34)20-32(24-14-11-15-25(18-24)33(36)37)40(38,39)26-16-7-6-8-17-26/h6-18,21,27H,5,19-20H2,1-4H3,(H,30,35). The Morgan fingerprint density at radius 3 is 2.23 bits per heavy atom. The van der Waals surface area contributed by atoms with Crippen LogP contribution in [0, 0.1) is 17.0 Å². The van der Waals surface area contributed by atoms with Crippen LogP contribution in [0.5, 0.6) is 0 Å². The molecule has 0 aliphatic rings. The summed E-state index contributed by atoms with van der Waals surface area (Å²) in [5.41, 5.74) is 1.35. The number of nitro groups is 1. The van der Waals surface area contributed by atoms with E-state index in [2.05, 4.69) is 5.32 Å². The van der Waals surface area contributed by atoms with Gasteiger partial charge in [-0.25, -0.2) is 8.42 Å². The van der Waals surface area contributed by atoms with Crippen LogP contribution in [0.2, 0.25) is 0 Å². The molecule has 0 saturated heterocycles. The van der Waals surface area contributed by atoms with E-state index >= 15 is 0 Å². The van der Waals surface area contributed by atoms with Crippen molar-refractivity contribution in [2.45, 2.75) is 57.6 Å². The summed E-state index contributed by atoms with van der Waals surface area (Å²) in [6.45, 7) is 6.70. The highest BCUT2D eigenvalue weighted by molar-refractivity contribution is 7.92. The first-order chi connectivity index (χ1) is 18.9. The first kappa shape index (κ1) is 30.3. The lowest BCUT2D eigenvalue weighted by Gasteiger charge is -2.33. The fourth-order valence-electron chi connectivity index (χ4n) is 4.28. The van der Waals surface area contributed by atoms with E-state index < -0.39 is 33.4 Å². The van der Waals surface area contributed by atoms with E-state index in [0.29, 0.717) is 6.42 Å². The van der Waals surface area contributed by atoms with Gasteiger partial charge in [0.25, 0.3) is 15.7 Å². The topological polar surface area (TPSA) is 130 Å². The molecule has 2 amide bonds. The number of nitrogens with zero attached hydrogens (tertiary/aromatic N) is 3. The minimum Gasteiger partial charge on any atom is -0.352 e. The number of non-ortho nitro benzene ring substituents is 1. The second kappa shape index (κ2) is 13.2. The molecule has 212 valence electrons. The van der Waals surface area contributed by atoms with E-state index in [1.165, 1.54) is 35.2 Å². The molecule has 0 radical (unpaired) electrons. The minimum atomic E-state index is -4.32. The number of aryl methyl sites for hydroxylation is 1. The monoisotopic (exact) mass is 566 g/mol. The van der Waals surface area contributed by atoms with Crippen molar-refractivity contribution in [3.8, 4) is 0 Å². The van der Waals surface area contributed by atoms with Crippen molar-refractivity contribution in [3.63, 3.8) is 0 Å². The molecule has 40 heavy (non-hydrogen) atoms. The number of amides is 2. The summed E-state index contributed by atoms with van der Waals surface area (Å²) in [6.07, 6.45) is 0.290. The highest BCUT2D eigenvalue weighted by Crippen LogP contribution is 2.28. The van der Waals surface area contributed by atoms with Crippen molar-refractivity contribution >= 4 is 33.2 Å². The van der Waals surface area contributed by atoms with Gasteiger partial charge in [-0.05, 0) is 56.5 Å². The molecule has 0 spiro atoms. The lowest BCUT2D eigenvalue weighted by atomic mass is 10.1. The van der Waals surface area contributed by atoms with E-state index in [1.807, 2.05) is 45.0 Å². The Morgan fingerprint density at radius 1 is 0.975 bits per heavy atom. The quantitative estimate of drug-likeness (QED) is 0.255. The molecular weight excluding hydrogens is 532 g/mol. The van der Waals surface area contributed by atoms with Gasteiger partial charge >= 0.3 is 0 Å². The van der Waals surface area contributed by atoms with Crippen LogP contribution in [-0.2, 0) is 26.2 Å². The van der Waals surface area contributed by atoms with Gasteiger partial charge in [0.05, 0.1) is 15.5 Å². The lowest BCUT2D eigenvalue weighted by Crippen LogP contribution is -2.53. The minimum absolute atomic E-state index is 0.0399. The van der Waals surface area contributed by atoms with Gasteiger partial charge in [0.2, 0.25) is 11.8 Å². The molecule has 0 fully saturated rings. The van der Waals surface area contributed by atoms with E-state index in [4.69, 9.17) is 0 Å². The fourth-order valence-corrected chi connectivity index (χ4v) is 5.71. The summed E-state index contributed by atoms with van der Waals surface area (Å²) in [4.78, 5) is 39.4. The predicted octanol–water partition coefficient (Wildman–Crippen LogP) is 4.43. The first-order valence-corrected chi connectivity index (χ1v) is 14.4. The van der Waals surface area contributed by atoms with E-state index in [0.717, 1.165) is 21.5 Å². The van der Waals surface area contributed by atoms with Crippen molar-refractivity contribution in [3.05, 3.63) is 100 Å². The number of sulfonamides is 1. The zero-order valence-electron chi connectivity index (χ0n) is 23.0. The van der Waals surface area contributed by atoms with Crippen LogP contribution in [0.3, 0.4) is 0 Å². The molecule has 3 aromatic rings. The largest absolute Gasteiger partial charge is 0.352 e. The maximum absolute atomic E-state index is 14.0. The highest BCUT2D eigenvalue weighted by Gasteiger charge is 2.34. The smallest absolute Gasteiger partial charge is 0.271 e. The number of anilines is 1. The van der Waals surface area contributed by atoms with Crippen molar-refractivity contribution in [1.82, 2.24) is 10.2 Å². The lowest BCUT2D eigenvalue weighted by molar-refractivity contribution is -0.384. The van der Waals surface area contributed by atoms with Gasteiger partial charge in [0.15, 0.2) is 0 Å². The van der Waals surface area contributed by atoms with Crippen LogP contribution >= 0.6 is 0 Å². The number of benzene rings is 3. The van der Waals surface area contributed by atoms with Crippen LogP contribution in [0.1, 0.15) is 38.3 Å². The maximum atomic E-state index is 14.0. The number of hydrogen-bond donors (Lipinski definition) is 1. The van der Waals surface area contributed by atoms with Gasteiger partial charge in [0.1, 0.15) is 12.6 Å². The third-order valence-corrected chi connectivity index (χ3v) is 8.15. The summed E-state index contributed by atoms with van der Waals surface area (Å²) in [6, 6.07) is 19.0. The van der Waals surface area contributed by atoms with Gasteiger partial charge in [-0.3, -0.25) is 24.0 Å². The summed E-state index contributed by atoms with van der Waals surface area (Å²) >= 11 is 0. The molecule has 0 aliphatic carbocycles. The van der Waals surface area contributed by atoms with Crippen LogP contribution in [-0.4, -0.2) is 48.7 Å². The number of carbonyl (C=O) groups excluding carboxylic acids is 2. The Labute approximate surface area is 234 Å². The second-order valence-corrected chi connectivity index (χ2v) is 11.5. The highest BCUT2D eigenvalue weighted by atomic mass is 32.2. The molecule has 11 heteroatoms. The summed E-state index contributed by atoms with van der Waals surface area (Å²) in [5.74, 6) is -0.979. The predicted molar refractivity (Wildman–Crippen MR) is 153 cm³/mol. The molecule has 1 atom stereocenters. The van der Waals surface area contributed by atoms with Crippen LogP contribution in [0.4, 0.5) is 11.4 Å². The number of carbonyl (C=O) groups is 2. The number of hydrogen-bond acceptors (Lipinski definition) is 6. The Balaban J connectivity index is 2.11. The first-order valence-electron chi connectivity index (χ1n) is 12.9. The van der Waals surface area contributed by atoms with E-state index in [-0.39, 0.29) is 34.8 Å². The molecule has 1 N–H and O–H groups in total. The molecule has 10 nitrogen and oxygen atoms in total. The SMILES string of the molecule is CCC(C(=O)NC(C)C)N(Cc1ccccc1C)C(=O)CN(c1cccc([N+](=O)[O-])c1)S(=O)(=O)c1ccccc1. The van der Waals surface area contributed by atoms with Crippen molar-refractivity contribution < 1.29 is 22.9 Å². The molecule has 0 saturated carbocycles. The average Bonchev–Trinajstić information content (AvgIpc) is 2.92. The third kappa shape index (κ3) is 7.23. The van der Waals surface area contributed by atoms with Crippen molar-refractivity contribution in [1.29, 1.82) is 0 Å². The maximum Gasteiger partial charge on any atom is 0.271 e. The normalized spacial score (nSPS) is 12.0. The van der Waals surface area contributed by atoms with E-state index in [9.17, 15) is 28.1 Å². The summed E-state index contributed by atoms with van der Waals surface area (Å²) in [5, 5.41) is 14.3. The molecule has 3 rings (SSSR count). The Kier molecular flexibility index (Phi) is 10.0. The molecule has 0 aliphatic heterocycles. The number of nitrogens with one attached hydrogen (secondary N) is 1. The number of nitro benzene ring substituents is 1. The summed E-state index contributed by atoms with van der Waals surface area (Å²) in [7, 11) is -4.32. The molecule has 0 heterocycles. The molecule has 0 bridgehead atoms. The van der Waals surface area contributed by atoms with Crippen LogP contribution in [0.25, 0.3) is 0 Å². The fraction of sp³-hybridized carbons (Fsp3) is 0.310. The van der Waals surface area contributed by atoms with E-state index in [1.54, 1.807) is 25.1 Å². The summed E-state index contributed by atoms with van der Waals surface area (Å²) < 4.78 is 28.5. The second-order valence-electron chi connectivity index (χ2n) is 9.64. The van der Waals surface area contributed by atoms with Gasteiger partial charge in [-0.1, -0.05) is 55.5 Å². The Morgan fingerprint density at radius 2 is 1.62 bits per heavy atom. The van der Waals surface area contributed by atoms with Crippen LogP contribution < -0.4 is 9.62 Å². The van der Waals surface area contributed by atoms with Crippen molar-refractivity contribution in [2.24, 2.45) is 0 Å².